The lowest BCUT2D eigenvalue weighted by Crippen LogP contribution is -2.15. The number of anilines is 1. The monoisotopic (exact) mass is 231 g/mol. The van der Waals surface area contributed by atoms with Gasteiger partial charge in [-0.25, -0.2) is 0 Å². The Bertz CT molecular complexity index is 534. The summed E-state index contributed by atoms with van der Waals surface area (Å²) >= 11 is 0. The lowest BCUT2D eigenvalue weighted by Gasteiger charge is -2.05. The van der Waals surface area contributed by atoms with E-state index < -0.39 is 0 Å². The van der Waals surface area contributed by atoms with Crippen LogP contribution in [0.5, 0.6) is 0 Å². The summed E-state index contributed by atoms with van der Waals surface area (Å²) in [5.41, 5.74) is 1.33. The minimum Gasteiger partial charge on any atom is -0.360 e. The Hall–Kier alpha value is -2.17. The van der Waals surface area contributed by atoms with Crippen LogP contribution in [0.15, 0.2) is 28.9 Å². The molecule has 0 saturated carbocycles. The van der Waals surface area contributed by atoms with Crippen LogP contribution in [0, 0.1) is 6.92 Å². The second-order valence-corrected chi connectivity index (χ2v) is 3.63. The number of aryl methyl sites for hydroxylation is 2. The van der Waals surface area contributed by atoms with Crippen LogP contribution in [-0.2, 0) is 6.42 Å². The van der Waals surface area contributed by atoms with Crippen LogP contribution in [0.4, 0.5) is 5.82 Å². The third-order valence-corrected chi connectivity index (χ3v) is 2.34. The molecule has 2 aromatic rings. The predicted octanol–water partition coefficient (Wildman–Crippen LogP) is 2.19. The Labute approximate surface area is 98.8 Å². The first-order chi connectivity index (χ1) is 8.20. The van der Waals surface area contributed by atoms with Gasteiger partial charge in [0.25, 0.3) is 5.91 Å². The van der Waals surface area contributed by atoms with Crippen molar-refractivity contribution in [1.29, 1.82) is 0 Å². The second-order valence-electron chi connectivity index (χ2n) is 3.63. The fourth-order valence-corrected chi connectivity index (χ4v) is 1.54. The number of nitrogens with zero attached hydrogens (tertiary/aromatic N) is 2. The van der Waals surface area contributed by atoms with Crippen LogP contribution in [0.25, 0.3) is 0 Å². The molecule has 2 aromatic heterocycles. The van der Waals surface area contributed by atoms with Gasteiger partial charge in [0, 0.05) is 12.3 Å². The maximum absolute atomic E-state index is 12.0. The standard InChI is InChI=1S/C12H13N3O2/c1-3-10-9(5-4-6-13-10)12(16)14-11-7-8(2)17-15-11/h4-7H,3H2,1-2H3,(H,14,15,16). The van der Waals surface area contributed by atoms with Crippen molar-refractivity contribution in [2.24, 2.45) is 0 Å². The number of aromatic nitrogens is 2. The summed E-state index contributed by atoms with van der Waals surface area (Å²) in [4.78, 5) is 16.1. The SMILES string of the molecule is CCc1ncccc1C(=O)Nc1cc(C)on1. The van der Waals surface area contributed by atoms with E-state index in [1.54, 1.807) is 31.3 Å². The van der Waals surface area contributed by atoms with Crippen LogP contribution < -0.4 is 5.32 Å². The van der Waals surface area contributed by atoms with E-state index in [-0.39, 0.29) is 5.91 Å². The summed E-state index contributed by atoms with van der Waals surface area (Å²) in [6.07, 6.45) is 2.39. The third kappa shape index (κ3) is 2.50. The zero-order chi connectivity index (χ0) is 12.3. The van der Waals surface area contributed by atoms with E-state index in [1.807, 2.05) is 6.92 Å². The molecular formula is C12H13N3O2. The molecule has 2 rings (SSSR count). The molecule has 0 aromatic carbocycles. The Morgan fingerprint density at radius 3 is 3.00 bits per heavy atom. The van der Waals surface area contributed by atoms with Gasteiger partial charge in [-0.2, -0.15) is 0 Å². The Balaban J connectivity index is 2.20. The first kappa shape index (κ1) is 11.3. The van der Waals surface area contributed by atoms with E-state index in [1.165, 1.54) is 0 Å². The van der Waals surface area contributed by atoms with Crippen LogP contribution >= 0.6 is 0 Å². The Morgan fingerprint density at radius 1 is 1.53 bits per heavy atom. The van der Waals surface area contributed by atoms with Gasteiger partial charge in [-0.3, -0.25) is 9.78 Å². The van der Waals surface area contributed by atoms with E-state index in [0.29, 0.717) is 23.6 Å². The van der Waals surface area contributed by atoms with E-state index in [9.17, 15) is 4.79 Å². The fraction of sp³-hybridized carbons (Fsp3) is 0.250. The van der Waals surface area contributed by atoms with Crippen molar-refractivity contribution in [1.82, 2.24) is 10.1 Å². The highest BCUT2D eigenvalue weighted by Gasteiger charge is 2.12. The van der Waals surface area contributed by atoms with Crippen LogP contribution in [0.3, 0.4) is 0 Å². The molecule has 0 aliphatic heterocycles. The summed E-state index contributed by atoms with van der Waals surface area (Å²) in [5, 5.41) is 6.38. The number of rotatable bonds is 3. The van der Waals surface area contributed by atoms with Crippen molar-refractivity contribution in [2.75, 3.05) is 5.32 Å². The van der Waals surface area contributed by atoms with Crippen LogP contribution in [0.1, 0.15) is 28.7 Å². The molecule has 0 unspecified atom stereocenters. The average Bonchev–Trinajstić information content (AvgIpc) is 2.74. The lowest BCUT2D eigenvalue weighted by molar-refractivity contribution is 0.102. The first-order valence-electron chi connectivity index (χ1n) is 5.39. The molecule has 0 aliphatic carbocycles. The molecule has 17 heavy (non-hydrogen) atoms. The summed E-state index contributed by atoms with van der Waals surface area (Å²) in [5.74, 6) is 0.851. The molecule has 0 bridgehead atoms. The Kier molecular flexibility index (Phi) is 3.18. The molecule has 0 saturated heterocycles. The fourth-order valence-electron chi connectivity index (χ4n) is 1.54. The maximum atomic E-state index is 12.0. The van der Waals surface area contributed by atoms with Gasteiger partial charge in [0.1, 0.15) is 5.76 Å². The Morgan fingerprint density at radius 2 is 2.35 bits per heavy atom. The van der Waals surface area contributed by atoms with E-state index in [2.05, 4.69) is 15.5 Å². The summed E-state index contributed by atoms with van der Waals surface area (Å²) < 4.78 is 4.88. The summed E-state index contributed by atoms with van der Waals surface area (Å²) in [6.45, 7) is 3.73. The number of carbonyl (C=O) groups is 1. The predicted molar refractivity (Wildman–Crippen MR) is 62.8 cm³/mol. The highest BCUT2D eigenvalue weighted by molar-refractivity contribution is 6.04. The molecular weight excluding hydrogens is 218 g/mol. The molecule has 88 valence electrons. The van der Waals surface area contributed by atoms with E-state index >= 15 is 0 Å². The maximum Gasteiger partial charge on any atom is 0.258 e. The molecule has 5 heteroatoms. The lowest BCUT2D eigenvalue weighted by atomic mass is 10.1. The van der Waals surface area contributed by atoms with E-state index in [0.717, 1.165) is 5.69 Å². The molecule has 1 N–H and O–H groups in total. The summed E-state index contributed by atoms with van der Waals surface area (Å²) in [7, 11) is 0. The van der Waals surface area contributed by atoms with Gasteiger partial charge in [0.05, 0.1) is 11.3 Å². The van der Waals surface area contributed by atoms with Gasteiger partial charge in [0.2, 0.25) is 0 Å². The van der Waals surface area contributed by atoms with E-state index in [4.69, 9.17) is 4.52 Å². The molecule has 2 heterocycles. The van der Waals surface area contributed by atoms with Crippen molar-refractivity contribution in [2.45, 2.75) is 20.3 Å². The number of amides is 1. The number of pyridine rings is 1. The van der Waals surface area contributed by atoms with Crippen LogP contribution in [0.2, 0.25) is 0 Å². The number of hydrogen-bond donors (Lipinski definition) is 1. The van der Waals surface area contributed by atoms with Gasteiger partial charge in [-0.1, -0.05) is 12.1 Å². The normalized spacial score (nSPS) is 10.2. The van der Waals surface area contributed by atoms with Crippen LogP contribution in [-0.4, -0.2) is 16.0 Å². The van der Waals surface area contributed by atoms with Crippen molar-refractivity contribution in [3.63, 3.8) is 0 Å². The van der Waals surface area contributed by atoms with Gasteiger partial charge < -0.3 is 9.84 Å². The smallest absolute Gasteiger partial charge is 0.258 e. The zero-order valence-corrected chi connectivity index (χ0v) is 9.73. The summed E-state index contributed by atoms with van der Waals surface area (Å²) in [6, 6.07) is 5.15. The highest BCUT2D eigenvalue weighted by Crippen LogP contribution is 2.11. The van der Waals surface area contributed by atoms with Gasteiger partial charge >= 0.3 is 0 Å². The molecule has 0 radical (unpaired) electrons. The van der Waals surface area contributed by atoms with Crippen molar-refractivity contribution in [3.8, 4) is 0 Å². The molecule has 5 nitrogen and oxygen atoms in total. The molecule has 1 amide bonds. The average molecular weight is 231 g/mol. The van der Waals surface area contributed by atoms with Gasteiger partial charge in [0.15, 0.2) is 5.82 Å². The largest absolute Gasteiger partial charge is 0.360 e. The molecule has 0 fully saturated rings. The third-order valence-electron chi connectivity index (χ3n) is 2.34. The molecule has 0 aliphatic rings. The quantitative estimate of drug-likeness (QED) is 0.879. The minimum atomic E-state index is -0.219. The van der Waals surface area contributed by atoms with Crippen molar-refractivity contribution >= 4 is 11.7 Å². The number of carbonyl (C=O) groups excluding carboxylic acids is 1. The van der Waals surface area contributed by atoms with Gasteiger partial charge in [-0.05, 0) is 25.5 Å². The van der Waals surface area contributed by atoms with Crippen molar-refractivity contribution < 1.29 is 9.32 Å². The molecule has 0 atom stereocenters. The zero-order valence-electron chi connectivity index (χ0n) is 9.73. The highest BCUT2D eigenvalue weighted by atomic mass is 16.5. The first-order valence-corrected chi connectivity index (χ1v) is 5.39. The number of nitrogens with one attached hydrogen (secondary N) is 1. The number of hydrogen-bond acceptors (Lipinski definition) is 4. The van der Waals surface area contributed by atoms with Crippen molar-refractivity contribution in [3.05, 3.63) is 41.4 Å². The second kappa shape index (κ2) is 4.78. The minimum absolute atomic E-state index is 0.219. The van der Waals surface area contributed by atoms with Gasteiger partial charge in [-0.15, -0.1) is 0 Å². The topological polar surface area (TPSA) is 68.0 Å². The molecule has 0 spiro atoms.